The highest BCUT2D eigenvalue weighted by Gasteiger charge is 2.21. The molecule has 0 bridgehead atoms. The number of hydrogen-bond donors (Lipinski definition) is 2. The van der Waals surface area contributed by atoms with E-state index in [1.165, 1.54) is 10.4 Å². The summed E-state index contributed by atoms with van der Waals surface area (Å²) in [5.74, 6) is 1.50. The average Bonchev–Trinajstić information content (AvgIpc) is 3.25. The number of aryl methyl sites for hydroxylation is 1. The Bertz CT molecular complexity index is 897. The predicted molar refractivity (Wildman–Crippen MR) is 125 cm³/mol. The molecule has 168 valence electrons. The molecule has 1 aromatic heterocycles. The van der Waals surface area contributed by atoms with Crippen LogP contribution in [0.5, 0.6) is 5.75 Å². The summed E-state index contributed by atoms with van der Waals surface area (Å²) in [6, 6.07) is 8.24. The van der Waals surface area contributed by atoms with E-state index in [0.29, 0.717) is 38.9 Å². The Balaban J connectivity index is 1.49. The highest BCUT2D eigenvalue weighted by molar-refractivity contribution is 7.10. The second kappa shape index (κ2) is 11.7. The van der Waals surface area contributed by atoms with Gasteiger partial charge >= 0.3 is 0 Å². The third-order valence-electron chi connectivity index (χ3n) is 5.15. The van der Waals surface area contributed by atoms with Crippen molar-refractivity contribution in [2.75, 3.05) is 40.0 Å². The summed E-state index contributed by atoms with van der Waals surface area (Å²) < 4.78 is 11.3. The number of benzene rings is 1. The lowest BCUT2D eigenvalue weighted by molar-refractivity contribution is -0.130. The van der Waals surface area contributed by atoms with Gasteiger partial charge in [-0.15, -0.1) is 11.3 Å². The molecular formula is C23H32N4O3S. The SMILES string of the molecule is CCOCCOc1cc(C)ccc1CNC(=NC)NCC(=O)N1CCc2sccc2C1. The van der Waals surface area contributed by atoms with Crippen molar-refractivity contribution in [2.45, 2.75) is 33.4 Å². The van der Waals surface area contributed by atoms with Crippen LogP contribution in [-0.4, -0.2) is 56.7 Å². The van der Waals surface area contributed by atoms with Gasteiger partial charge in [-0.2, -0.15) is 0 Å². The molecule has 1 amide bonds. The minimum absolute atomic E-state index is 0.0788. The van der Waals surface area contributed by atoms with Gasteiger partial charge in [0, 0.05) is 43.7 Å². The number of carbonyl (C=O) groups excluding carboxylic acids is 1. The summed E-state index contributed by atoms with van der Waals surface area (Å²) in [6.07, 6.45) is 0.936. The van der Waals surface area contributed by atoms with Gasteiger partial charge in [0.15, 0.2) is 5.96 Å². The number of aliphatic imine (C=N–C) groups is 1. The fourth-order valence-corrected chi connectivity index (χ4v) is 4.32. The lowest BCUT2D eigenvalue weighted by Gasteiger charge is -2.27. The van der Waals surface area contributed by atoms with Crippen molar-refractivity contribution in [1.29, 1.82) is 0 Å². The van der Waals surface area contributed by atoms with Crippen LogP contribution in [0.15, 0.2) is 34.6 Å². The predicted octanol–water partition coefficient (Wildman–Crippen LogP) is 2.72. The molecule has 8 heteroatoms. The quantitative estimate of drug-likeness (QED) is 0.353. The highest BCUT2D eigenvalue weighted by atomic mass is 32.1. The lowest BCUT2D eigenvalue weighted by Crippen LogP contribution is -2.45. The number of amides is 1. The Morgan fingerprint density at radius 1 is 1.26 bits per heavy atom. The number of rotatable bonds is 9. The van der Waals surface area contributed by atoms with Crippen LogP contribution in [0.2, 0.25) is 0 Å². The van der Waals surface area contributed by atoms with Crippen LogP contribution in [0.1, 0.15) is 28.5 Å². The summed E-state index contributed by atoms with van der Waals surface area (Å²) in [4.78, 5) is 20.2. The summed E-state index contributed by atoms with van der Waals surface area (Å²) in [7, 11) is 1.70. The van der Waals surface area contributed by atoms with Crippen LogP contribution >= 0.6 is 11.3 Å². The molecule has 0 fully saturated rings. The highest BCUT2D eigenvalue weighted by Crippen LogP contribution is 2.24. The van der Waals surface area contributed by atoms with Crippen molar-refractivity contribution in [3.05, 3.63) is 51.2 Å². The molecule has 0 radical (unpaired) electrons. The van der Waals surface area contributed by atoms with Crippen molar-refractivity contribution in [3.63, 3.8) is 0 Å². The van der Waals surface area contributed by atoms with E-state index in [4.69, 9.17) is 9.47 Å². The Morgan fingerprint density at radius 3 is 2.94 bits per heavy atom. The van der Waals surface area contributed by atoms with Gasteiger partial charge < -0.3 is 25.0 Å². The maximum absolute atomic E-state index is 12.6. The van der Waals surface area contributed by atoms with Crippen molar-refractivity contribution in [2.24, 2.45) is 4.99 Å². The molecule has 0 spiro atoms. The molecule has 2 N–H and O–H groups in total. The third-order valence-corrected chi connectivity index (χ3v) is 6.17. The van der Waals surface area contributed by atoms with Crippen LogP contribution in [0.4, 0.5) is 0 Å². The second-order valence-electron chi connectivity index (χ2n) is 7.37. The monoisotopic (exact) mass is 444 g/mol. The molecular weight excluding hydrogens is 412 g/mol. The fourth-order valence-electron chi connectivity index (χ4n) is 3.43. The zero-order valence-electron chi connectivity index (χ0n) is 18.6. The van der Waals surface area contributed by atoms with E-state index >= 15 is 0 Å². The molecule has 0 saturated heterocycles. The van der Waals surface area contributed by atoms with E-state index in [-0.39, 0.29) is 12.5 Å². The zero-order chi connectivity index (χ0) is 22.1. The lowest BCUT2D eigenvalue weighted by atomic mass is 10.1. The van der Waals surface area contributed by atoms with Crippen molar-refractivity contribution < 1.29 is 14.3 Å². The Morgan fingerprint density at radius 2 is 2.13 bits per heavy atom. The maximum Gasteiger partial charge on any atom is 0.242 e. The molecule has 0 unspecified atom stereocenters. The standard InChI is InChI=1S/C23H32N4O3S/c1-4-29-10-11-30-20-13-17(2)5-6-18(20)14-25-23(24-3)26-15-22(28)27-9-7-21-19(16-27)8-12-31-21/h5-6,8,12-13H,4,7,9-11,14-16H2,1-3H3,(H2,24,25,26). The van der Waals surface area contributed by atoms with Crippen LogP contribution in [0.3, 0.4) is 0 Å². The number of hydrogen-bond acceptors (Lipinski definition) is 5. The Kier molecular flexibility index (Phi) is 8.73. The van der Waals surface area contributed by atoms with Gasteiger partial charge in [-0.05, 0) is 48.9 Å². The molecule has 0 saturated carbocycles. The summed E-state index contributed by atoms with van der Waals surface area (Å²) in [6.45, 7) is 7.97. The van der Waals surface area contributed by atoms with Crippen molar-refractivity contribution in [1.82, 2.24) is 15.5 Å². The van der Waals surface area contributed by atoms with E-state index in [0.717, 1.165) is 29.8 Å². The summed E-state index contributed by atoms with van der Waals surface area (Å²) in [5.41, 5.74) is 3.43. The minimum Gasteiger partial charge on any atom is -0.491 e. The number of nitrogens with zero attached hydrogens (tertiary/aromatic N) is 2. The van der Waals surface area contributed by atoms with Crippen LogP contribution in [-0.2, 0) is 29.0 Å². The Hall–Kier alpha value is -2.58. The fraction of sp³-hybridized carbons (Fsp3) is 0.478. The molecule has 1 aliphatic rings. The number of guanidine groups is 1. The first-order valence-corrected chi connectivity index (χ1v) is 11.6. The smallest absolute Gasteiger partial charge is 0.242 e. The van der Waals surface area contributed by atoms with E-state index in [1.807, 2.05) is 30.9 Å². The number of fused-ring (bicyclic) bond motifs is 1. The molecule has 2 aromatic rings. The molecule has 7 nitrogen and oxygen atoms in total. The number of ether oxygens (including phenoxy) is 2. The number of thiophene rings is 1. The first kappa shape index (κ1) is 23.1. The number of nitrogens with one attached hydrogen (secondary N) is 2. The van der Waals surface area contributed by atoms with Gasteiger partial charge in [-0.3, -0.25) is 9.79 Å². The van der Waals surface area contributed by atoms with E-state index in [2.05, 4.69) is 33.1 Å². The molecule has 0 atom stereocenters. The zero-order valence-corrected chi connectivity index (χ0v) is 19.4. The Labute approximate surface area is 188 Å². The molecule has 2 heterocycles. The maximum atomic E-state index is 12.6. The first-order valence-electron chi connectivity index (χ1n) is 10.7. The number of carbonyl (C=O) groups is 1. The van der Waals surface area contributed by atoms with Gasteiger partial charge in [0.05, 0.1) is 13.2 Å². The van der Waals surface area contributed by atoms with Crippen molar-refractivity contribution in [3.8, 4) is 5.75 Å². The van der Waals surface area contributed by atoms with E-state index in [9.17, 15) is 4.79 Å². The molecule has 0 aliphatic carbocycles. The topological polar surface area (TPSA) is 75.2 Å². The van der Waals surface area contributed by atoms with Crippen LogP contribution in [0.25, 0.3) is 0 Å². The van der Waals surface area contributed by atoms with Crippen molar-refractivity contribution >= 4 is 23.2 Å². The summed E-state index contributed by atoms with van der Waals surface area (Å²) >= 11 is 1.77. The second-order valence-corrected chi connectivity index (χ2v) is 8.37. The van der Waals surface area contributed by atoms with Crippen LogP contribution in [0, 0.1) is 6.92 Å². The van der Waals surface area contributed by atoms with E-state index in [1.54, 1.807) is 18.4 Å². The molecule has 3 rings (SSSR count). The minimum atomic E-state index is 0.0788. The first-order chi connectivity index (χ1) is 15.1. The van der Waals surface area contributed by atoms with Gasteiger partial charge in [-0.1, -0.05) is 12.1 Å². The van der Waals surface area contributed by atoms with Gasteiger partial charge in [0.2, 0.25) is 5.91 Å². The van der Waals surface area contributed by atoms with Gasteiger partial charge in [0.1, 0.15) is 12.4 Å². The van der Waals surface area contributed by atoms with Crippen LogP contribution < -0.4 is 15.4 Å². The average molecular weight is 445 g/mol. The largest absolute Gasteiger partial charge is 0.491 e. The van der Waals surface area contributed by atoms with E-state index < -0.39 is 0 Å². The molecule has 1 aliphatic heterocycles. The molecule has 31 heavy (non-hydrogen) atoms. The third kappa shape index (κ3) is 6.70. The summed E-state index contributed by atoms with van der Waals surface area (Å²) in [5, 5.41) is 8.51. The molecule has 1 aromatic carbocycles. The van der Waals surface area contributed by atoms with Gasteiger partial charge in [0.25, 0.3) is 0 Å². The van der Waals surface area contributed by atoms with Gasteiger partial charge in [-0.25, -0.2) is 0 Å². The normalized spacial score (nSPS) is 13.6.